The summed E-state index contributed by atoms with van der Waals surface area (Å²) in [6.45, 7) is 4.72. The van der Waals surface area contributed by atoms with E-state index in [0.717, 1.165) is 23.8 Å². The van der Waals surface area contributed by atoms with Crippen molar-refractivity contribution in [3.63, 3.8) is 0 Å². The maximum Gasteiger partial charge on any atom is 0.119 e. The van der Waals surface area contributed by atoms with Crippen molar-refractivity contribution in [2.24, 2.45) is 5.92 Å². The minimum absolute atomic E-state index is 0.818. The van der Waals surface area contributed by atoms with Gasteiger partial charge in [-0.3, -0.25) is 0 Å². The molecule has 1 nitrogen and oxygen atoms in total. The molecule has 0 bridgehead atoms. The summed E-state index contributed by atoms with van der Waals surface area (Å²) in [4.78, 5) is 0. The number of ether oxygens (including phenoxy) is 1. The third-order valence-corrected chi connectivity index (χ3v) is 2.08. The average molecular weight is 161 g/mol. The van der Waals surface area contributed by atoms with E-state index >= 15 is 0 Å². The predicted molar refractivity (Wildman–Crippen MR) is 49.1 cm³/mol. The summed E-state index contributed by atoms with van der Waals surface area (Å²) in [5.74, 6) is 1.77. The molecular weight excluding hydrogens is 148 g/mol. The lowest BCUT2D eigenvalue weighted by Crippen LogP contribution is -1.98. The Morgan fingerprint density at radius 1 is 1.42 bits per heavy atom. The molecule has 0 atom stereocenters. The Hall–Kier alpha value is -0.980. The molecule has 0 aromatic heterocycles. The van der Waals surface area contributed by atoms with E-state index < -0.39 is 0 Å². The summed E-state index contributed by atoms with van der Waals surface area (Å²) in [7, 11) is 0. The number of rotatable bonds is 3. The van der Waals surface area contributed by atoms with E-state index in [9.17, 15) is 0 Å². The summed E-state index contributed by atoms with van der Waals surface area (Å²) in [6, 6.07) is 7.91. The Bertz CT molecular complexity index is 263. The van der Waals surface area contributed by atoms with Gasteiger partial charge in [0.1, 0.15) is 5.75 Å². The minimum atomic E-state index is 0.818. The Kier molecular flexibility index (Phi) is 2.03. The molecule has 1 fully saturated rings. The summed E-state index contributed by atoms with van der Waals surface area (Å²) < 4.78 is 5.57. The average Bonchev–Trinajstić information content (AvgIpc) is 2.84. The van der Waals surface area contributed by atoms with Crippen LogP contribution in [0.4, 0.5) is 0 Å². The summed E-state index contributed by atoms with van der Waals surface area (Å²) in [5.41, 5.74) is 1.02. The quantitative estimate of drug-likeness (QED) is 0.662. The van der Waals surface area contributed by atoms with Gasteiger partial charge in [-0.15, -0.1) is 0 Å². The van der Waals surface area contributed by atoms with Gasteiger partial charge in [-0.05, 0) is 43.4 Å². The van der Waals surface area contributed by atoms with Gasteiger partial charge in [0.05, 0.1) is 6.61 Å². The monoisotopic (exact) mass is 161 g/mol. The van der Waals surface area contributed by atoms with Crippen molar-refractivity contribution < 1.29 is 4.74 Å². The van der Waals surface area contributed by atoms with E-state index in [1.807, 2.05) is 24.3 Å². The van der Waals surface area contributed by atoms with Crippen LogP contribution in [0.1, 0.15) is 18.4 Å². The van der Waals surface area contributed by atoms with Crippen LogP contribution in [-0.2, 0) is 0 Å². The van der Waals surface area contributed by atoms with Crippen LogP contribution in [0, 0.1) is 12.8 Å². The van der Waals surface area contributed by atoms with Gasteiger partial charge in [0.15, 0.2) is 0 Å². The van der Waals surface area contributed by atoms with Crippen LogP contribution in [0.2, 0.25) is 0 Å². The van der Waals surface area contributed by atoms with Crippen LogP contribution in [0.15, 0.2) is 24.3 Å². The van der Waals surface area contributed by atoms with Crippen molar-refractivity contribution in [3.05, 3.63) is 36.8 Å². The van der Waals surface area contributed by atoms with Crippen LogP contribution in [0.25, 0.3) is 0 Å². The third kappa shape index (κ3) is 2.00. The maximum atomic E-state index is 5.57. The zero-order chi connectivity index (χ0) is 8.39. The molecule has 0 saturated heterocycles. The molecule has 1 heteroatoms. The smallest absolute Gasteiger partial charge is 0.119 e. The van der Waals surface area contributed by atoms with Crippen LogP contribution in [-0.4, -0.2) is 6.61 Å². The Labute approximate surface area is 73.4 Å². The predicted octanol–water partition coefficient (Wildman–Crippen LogP) is 2.66. The van der Waals surface area contributed by atoms with Gasteiger partial charge in [-0.1, -0.05) is 12.1 Å². The first-order valence-electron chi connectivity index (χ1n) is 4.39. The first-order chi connectivity index (χ1) is 5.84. The Balaban J connectivity index is 1.92. The van der Waals surface area contributed by atoms with E-state index in [2.05, 4.69) is 6.92 Å². The highest BCUT2D eigenvalue weighted by Gasteiger charge is 2.21. The highest BCUT2D eigenvalue weighted by atomic mass is 16.5. The molecule has 12 heavy (non-hydrogen) atoms. The molecule has 0 N–H and O–H groups in total. The van der Waals surface area contributed by atoms with Crippen molar-refractivity contribution in [1.82, 2.24) is 0 Å². The first kappa shape index (κ1) is 7.66. The molecule has 1 radical (unpaired) electrons. The molecule has 1 aliphatic carbocycles. The molecule has 0 aliphatic heterocycles. The number of benzene rings is 1. The molecule has 0 spiro atoms. The number of hydrogen-bond donors (Lipinski definition) is 0. The highest BCUT2D eigenvalue weighted by molar-refractivity contribution is 5.29. The largest absolute Gasteiger partial charge is 0.493 e. The van der Waals surface area contributed by atoms with E-state index in [4.69, 9.17) is 4.74 Å². The second-order valence-electron chi connectivity index (χ2n) is 3.40. The fourth-order valence-corrected chi connectivity index (χ4v) is 1.13. The molecule has 63 valence electrons. The molecule has 0 unspecified atom stereocenters. The van der Waals surface area contributed by atoms with Crippen LogP contribution >= 0.6 is 0 Å². The van der Waals surface area contributed by atoms with Crippen molar-refractivity contribution >= 4 is 0 Å². The van der Waals surface area contributed by atoms with Crippen molar-refractivity contribution in [3.8, 4) is 5.75 Å². The summed E-state index contributed by atoms with van der Waals surface area (Å²) >= 11 is 0. The van der Waals surface area contributed by atoms with Crippen molar-refractivity contribution in [2.45, 2.75) is 12.8 Å². The lowest BCUT2D eigenvalue weighted by molar-refractivity contribution is 0.299. The zero-order valence-electron chi connectivity index (χ0n) is 7.12. The highest BCUT2D eigenvalue weighted by Crippen LogP contribution is 2.29. The van der Waals surface area contributed by atoms with E-state index in [-0.39, 0.29) is 0 Å². The molecule has 2 rings (SSSR count). The second kappa shape index (κ2) is 3.18. The molecule has 1 aliphatic rings. The van der Waals surface area contributed by atoms with Gasteiger partial charge >= 0.3 is 0 Å². The van der Waals surface area contributed by atoms with Gasteiger partial charge in [0.25, 0.3) is 0 Å². The van der Waals surface area contributed by atoms with Crippen LogP contribution < -0.4 is 4.74 Å². The van der Waals surface area contributed by atoms with Gasteiger partial charge in [-0.2, -0.15) is 0 Å². The third-order valence-electron chi connectivity index (χ3n) is 2.08. The summed E-state index contributed by atoms with van der Waals surface area (Å²) in [5, 5.41) is 0. The zero-order valence-corrected chi connectivity index (χ0v) is 7.12. The molecule has 0 amide bonds. The fraction of sp³-hybridized carbons (Fsp3) is 0.364. The minimum Gasteiger partial charge on any atom is -0.493 e. The van der Waals surface area contributed by atoms with Crippen molar-refractivity contribution in [2.75, 3.05) is 6.61 Å². The van der Waals surface area contributed by atoms with Crippen LogP contribution in [0.3, 0.4) is 0 Å². The number of hydrogen-bond acceptors (Lipinski definition) is 1. The van der Waals surface area contributed by atoms with Crippen LogP contribution in [0.5, 0.6) is 5.75 Å². The van der Waals surface area contributed by atoms with Gasteiger partial charge < -0.3 is 4.74 Å². The lowest BCUT2D eigenvalue weighted by atomic mass is 10.2. The summed E-state index contributed by atoms with van der Waals surface area (Å²) in [6.07, 6.45) is 2.67. The Morgan fingerprint density at radius 2 is 2.25 bits per heavy atom. The van der Waals surface area contributed by atoms with Gasteiger partial charge in [0, 0.05) is 0 Å². The molecular formula is C11H13O. The van der Waals surface area contributed by atoms with Gasteiger partial charge in [0.2, 0.25) is 0 Å². The van der Waals surface area contributed by atoms with E-state index in [1.165, 1.54) is 12.8 Å². The molecule has 1 aromatic rings. The molecule has 1 saturated carbocycles. The van der Waals surface area contributed by atoms with E-state index in [0.29, 0.717) is 0 Å². The second-order valence-corrected chi connectivity index (χ2v) is 3.40. The standard InChI is InChI=1S/C11H13O/c1-9-3-2-4-11(7-9)12-8-10-5-6-10/h2-4,7,10H,1,5-6,8H2. The lowest BCUT2D eigenvalue weighted by Gasteiger charge is -2.04. The van der Waals surface area contributed by atoms with E-state index in [1.54, 1.807) is 0 Å². The Morgan fingerprint density at radius 3 is 2.92 bits per heavy atom. The SMILES string of the molecule is [CH2]c1cccc(OCC2CC2)c1. The normalized spacial score (nSPS) is 16.1. The van der Waals surface area contributed by atoms with Crippen molar-refractivity contribution in [1.29, 1.82) is 0 Å². The maximum absolute atomic E-state index is 5.57. The molecule has 0 heterocycles. The topological polar surface area (TPSA) is 9.23 Å². The van der Waals surface area contributed by atoms with Gasteiger partial charge in [-0.25, -0.2) is 0 Å². The first-order valence-corrected chi connectivity index (χ1v) is 4.39. The fourth-order valence-electron chi connectivity index (χ4n) is 1.13. The molecule has 1 aromatic carbocycles.